The maximum atomic E-state index is 12.4. The lowest BCUT2D eigenvalue weighted by atomic mass is 9.87. The first-order valence-corrected chi connectivity index (χ1v) is 8.73. The van der Waals surface area contributed by atoms with Gasteiger partial charge in [-0.25, -0.2) is 0 Å². The number of carbonyl (C=O) groups is 2. The summed E-state index contributed by atoms with van der Waals surface area (Å²) in [6, 6.07) is 0.738. The van der Waals surface area contributed by atoms with Crippen LogP contribution in [0.5, 0.6) is 0 Å². The Kier molecular flexibility index (Phi) is 4.51. The molecule has 21 heavy (non-hydrogen) atoms. The molecule has 1 heterocycles. The van der Waals surface area contributed by atoms with Gasteiger partial charge in [-0.3, -0.25) is 9.59 Å². The van der Waals surface area contributed by atoms with E-state index >= 15 is 0 Å². The number of nitrogens with one attached hydrogen (secondary N) is 1. The maximum Gasteiger partial charge on any atom is 0.225 e. The monoisotopic (exact) mass is 292 g/mol. The Morgan fingerprint density at radius 3 is 2.62 bits per heavy atom. The smallest absolute Gasteiger partial charge is 0.225 e. The highest BCUT2D eigenvalue weighted by Gasteiger charge is 2.39. The molecule has 3 fully saturated rings. The lowest BCUT2D eigenvalue weighted by Crippen LogP contribution is -2.42. The zero-order chi connectivity index (χ0) is 14.8. The Morgan fingerprint density at radius 2 is 1.90 bits per heavy atom. The van der Waals surface area contributed by atoms with Gasteiger partial charge < -0.3 is 10.2 Å². The Morgan fingerprint density at radius 1 is 1.14 bits per heavy atom. The van der Waals surface area contributed by atoms with Gasteiger partial charge in [-0.1, -0.05) is 32.6 Å². The molecular weight excluding hydrogens is 264 g/mol. The van der Waals surface area contributed by atoms with Gasteiger partial charge in [0, 0.05) is 25.0 Å². The molecule has 0 bridgehead atoms. The van der Waals surface area contributed by atoms with Gasteiger partial charge in [0.25, 0.3) is 0 Å². The van der Waals surface area contributed by atoms with E-state index in [-0.39, 0.29) is 17.7 Å². The fraction of sp³-hybridized carbons (Fsp3) is 0.882. The molecule has 4 heteroatoms. The molecule has 4 nitrogen and oxygen atoms in total. The van der Waals surface area contributed by atoms with Crippen molar-refractivity contribution < 1.29 is 9.59 Å². The molecule has 0 spiro atoms. The Hall–Kier alpha value is -1.06. The van der Waals surface area contributed by atoms with E-state index in [1.54, 1.807) is 0 Å². The van der Waals surface area contributed by atoms with Crippen molar-refractivity contribution in [1.29, 1.82) is 0 Å². The average Bonchev–Trinajstić information content (AvgIpc) is 3.07. The average molecular weight is 292 g/mol. The fourth-order valence-electron chi connectivity index (χ4n) is 4.36. The van der Waals surface area contributed by atoms with Gasteiger partial charge in [-0.15, -0.1) is 0 Å². The largest absolute Gasteiger partial charge is 0.353 e. The van der Waals surface area contributed by atoms with E-state index in [1.165, 1.54) is 25.7 Å². The van der Waals surface area contributed by atoms with Crippen LogP contribution < -0.4 is 5.32 Å². The third kappa shape index (κ3) is 3.41. The number of rotatable bonds is 3. The van der Waals surface area contributed by atoms with Crippen LogP contribution in [0.4, 0.5) is 0 Å². The van der Waals surface area contributed by atoms with Crippen molar-refractivity contribution in [1.82, 2.24) is 10.2 Å². The SMILES string of the molecule is C[C@@H]1CCC[C@@H](NC(=O)[C@@H]2CC(=O)N(C3CCCC3)C2)C1. The summed E-state index contributed by atoms with van der Waals surface area (Å²) in [6.45, 7) is 2.91. The molecule has 2 amide bonds. The number of nitrogens with zero attached hydrogens (tertiary/aromatic N) is 1. The third-order valence-electron chi connectivity index (χ3n) is 5.58. The van der Waals surface area contributed by atoms with Gasteiger partial charge in [-0.05, 0) is 31.6 Å². The van der Waals surface area contributed by atoms with Crippen LogP contribution in [0.25, 0.3) is 0 Å². The lowest BCUT2D eigenvalue weighted by molar-refractivity contribution is -0.130. The van der Waals surface area contributed by atoms with E-state index in [0.717, 1.165) is 25.7 Å². The molecular formula is C17H28N2O2. The topological polar surface area (TPSA) is 49.4 Å². The molecule has 3 rings (SSSR count). The first-order chi connectivity index (χ1) is 10.1. The normalized spacial score (nSPS) is 34.4. The van der Waals surface area contributed by atoms with Crippen LogP contribution in [0.1, 0.15) is 64.7 Å². The lowest BCUT2D eigenvalue weighted by Gasteiger charge is -2.28. The van der Waals surface area contributed by atoms with Gasteiger partial charge in [0.1, 0.15) is 0 Å². The van der Waals surface area contributed by atoms with Crippen molar-refractivity contribution in [2.75, 3.05) is 6.54 Å². The van der Waals surface area contributed by atoms with Crippen LogP contribution in [0, 0.1) is 11.8 Å². The Labute approximate surface area is 127 Å². The number of hydrogen-bond acceptors (Lipinski definition) is 2. The summed E-state index contributed by atoms with van der Waals surface area (Å²) in [6.07, 6.45) is 9.82. The van der Waals surface area contributed by atoms with Crippen molar-refractivity contribution >= 4 is 11.8 Å². The van der Waals surface area contributed by atoms with Crippen LogP contribution in [0.3, 0.4) is 0 Å². The van der Waals surface area contributed by atoms with Crippen molar-refractivity contribution in [2.24, 2.45) is 11.8 Å². The van der Waals surface area contributed by atoms with Crippen molar-refractivity contribution in [3.63, 3.8) is 0 Å². The highest BCUT2D eigenvalue weighted by molar-refractivity contribution is 5.89. The molecule has 0 aromatic rings. The molecule has 0 radical (unpaired) electrons. The van der Waals surface area contributed by atoms with E-state index in [4.69, 9.17) is 0 Å². The minimum absolute atomic E-state index is 0.114. The van der Waals surface area contributed by atoms with E-state index in [1.807, 2.05) is 4.90 Å². The van der Waals surface area contributed by atoms with Gasteiger partial charge >= 0.3 is 0 Å². The Balaban J connectivity index is 1.52. The summed E-state index contributed by atoms with van der Waals surface area (Å²) < 4.78 is 0. The standard InChI is InChI=1S/C17H28N2O2/c1-12-5-4-6-14(9-12)18-17(21)13-10-16(20)19(11-13)15-7-2-3-8-15/h12-15H,2-11H2,1H3,(H,18,21)/t12-,13-,14-/m1/s1. The van der Waals surface area contributed by atoms with E-state index in [2.05, 4.69) is 12.2 Å². The minimum atomic E-state index is -0.115. The summed E-state index contributed by atoms with van der Waals surface area (Å²) in [5.41, 5.74) is 0. The quantitative estimate of drug-likeness (QED) is 0.868. The fourth-order valence-corrected chi connectivity index (χ4v) is 4.36. The van der Waals surface area contributed by atoms with E-state index < -0.39 is 0 Å². The predicted octanol–water partition coefficient (Wildman–Crippen LogP) is 2.47. The summed E-state index contributed by atoms with van der Waals surface area (Å²) in [5, 5.41) is 3.21. The molecule has 0 aromatic heterocycles. The van der Waals surface area contributed by atoms with Crippen molar-refractivity contribution in [3.8, 4) is 0 Å². The summed E-state index contributed by atoms with van der Waals surface area (Å²) in [4.78, 5) is 26.6. The molecule has 1 saturated heterocycles. The third-order valence-corrected chi connectivity index (χ3v) is 5.58. The van der Waals surface area contributed by atoms with Crippen LogP contribution in [-0.2, 0) is 9.59 Å². The summed E-state index contributed by atoms with van der Waals surface area (Å²) >= 11 is 0. The second kappa shape index (κ2) is 6.37. The zero-order valence-electron chi connectivity index (χ0n) is 13.1. The number of carbonyl (C=O) groups excluding carboxylic acids is 2. The second-order valence-electron chi connectivity index (χ2n) is 7.36. The zero-order valence-corrected chi connectivity index (χ0v) is 13.1. The van der Waals surface area contributed by atoms with Crippen LogP contribution in [0.2, 0.25) is 0 Å². The first-order valence-electron chi connectivity index (χ1n) is 8.73. The van der Waals surface area contributed by atoms with Crippen LogP contribution in [-0.4, -0.2) is 35.3 Å². The first kappa shape index (κ1) is 14.9. The number of hydrogen-bond donors (Lipinski definition) is 1. The molecule has 3 aliphatic rings. The van der Waals surface area contributed by atoms with Gasteiger partial charge in [0.2, 0.25) is 11.8 Å². The highest BCUT2D eigenvalue weighted by atomic mass is 16.2. The molecule has 1 aliphatic heterocycles. The Bertz CT molecular complexity index is 404. The maximum absolute atomic E-state index is 12.4. The second-order valence-corrected chi connectivity index (χ2v) is 7.36. The van der Waals surface area contributed by atoms with Gasteiger partial charge in [-0.2, -0.15) is 0 Å². The van der Waals surface area contributed by atoms with Crippen LogP contribution >= 0.6 is 0 Å². The summed E-state index contributed by atoms with van der Waals surface area (Å²) in [5.74, 6) is 0.904. The van der Waals surface area contributed by atoms with Gasteiger partial charge in [0.05, 0.1) is 5.92 Å². The van der Waals surface area contributed by atoms with E-state index in [9.17, 15) is 9.59 Å². The van der Waals surface area contributed by atoms with Gasteiger partial charge in [0.15, 0.2) is 0 Å². The van der Waals surface area contributed by atoms with Crippen LogP contribution in [0.15, 0.2) is 0 Å². The van der Waals surface area contributed by atoms with Crippen molar-refractivity contribution in [2.45, 2.75) is 76.8 Å². The summed E-state index contributed by atoms with van der Waals surface area (Å²) in [7, 11) is 0. The van der Waals surface area contributed by atoms with E-state index in [0.29, 0.717) is 31.0 Å². The molecule has 0 unspecified atom stereocenters. The highest BCUT2D eigenvalue weighted by Crippen LogP contribution is 2.30. The molecule has 118 valence electrons. The molecule has 2 aliphatic carbocycles. The number of amides is 2. The molecule has 1 N–H and O–H groups in total. The molecule has 0 aromatic carbocycles. The number of likely N-dealkylation sites (tertiary alicyclic amines) is 1. The molecule has 2 saturated carbocycles. The van der Waals surface area contributed by atoms with Crippen molar-refractivity contribution in [3.05, 3.63) is 0 Å². The predicted molar refractivity (Wildman–Crippen MR) is 81.6 cm³/mol. The minimum Gasteiger partial charge on any atom is -0.353 e. The molecule has 3 atom stereocenters.